The predicted molar refractivity (Wildman–Crippen MR) is 69.1 cm³/mol. The van der Waals surface area contributed by atoms with Crippen molar-refractivity contribution in [3.05, 3.63) is 0 Å². The molecule has 0 aromatic rings. The zero-order chi connectivity index (χ0) is 12.9. The molecule has 4 nitrogen and oxygen atoms in total. The lowest BCUT2D eigenvalue weighted by Crippen LogP contribution is -2.44. The molecule has 0 heterocycles. The molecule has 0 aromatic carbocycles. The van der Waals surface area contributed by atoms with E-state index in [9.17, 15) is 4.79 Å². The zero-order valence-corrected chi connectivity index (χ0v) is 11.5. The Bertz CT molecular complexity index is 242. The number of rotatable bonds is 4. The largest absolute Gasteiger partial charge is 0.444 e. The van der Waals surface area contributed by atoms with Crippen LogP contribution in [-0.4, -0.2) is 30.3 Å². The zero-order valence-electron chi connectivity index (χ0n) is 11.5. The molecule has 1 atom stereocenters. The number of amides is 1. The summed E-state index contributed by atoms with van der Waals surface area (Å²) in [6.45, 7) is 8.31. The number of hydrogen-bond acceptors (Lipinski definition) is 3. The number of ether oxygens (including phenoxy) is 1. The summed E-state index contributed by atoms with van der Waals surface area (Å²) in [5.74, 6) is 0. The van der Waals surface area contributed by atoms with Gasteiger partial charge in [-0.25, -0.2) is 4.79 Å². The second-order valence-electron chi connectivity index (χ2n) is 5.93. The van der Waals surface area contributed by atoms with Gasteiger partial charge in [0.1, 0.15) is 5.60 Å². The van der Waals surface area contributed by atoms with Crippen LogP contribution < -0.4 is 10.6 Å². The van der Waals surface area contributed by atoms with Crippen LogP contribution in [-0.2, 0) is 4.74 Å². The van der Waals surface area contributed by atoms with Gasteiger partial charge in [-0.1, -0.05) is 12.8 Å². The van der Waals surface area contributed by atoms with E-state index in [0.29, 0.717) is 18.6 Å². The molecule has 1 aliphatic carbocycles. The fourth-order valence-corrected chi connectivity index (χ4v) is 2.10. The highest BCUT2D eigenvalue weighted by Crippen LogP contribution is 2.17. The monoisotopic (exact) mass is 242 g/mol. The highest BCUT2D eigenvalue weighted by atomic mass is 16.6. The molecule has 1 rings (SSSR count). The van der Waals surface area contributed by atoms with Crippen molar-refractivity contribution in [2.24, 2.45) is 0 Å². The molecule has 1 fully saturated rings. The van der Waals surface area contributed by atoms with Gasteiger partial charge in [0, 0.05) is 18.6 Å². The summed E-state index contributed by atoms with van der Waals surface area (Å²) in [6, 6.07) is 0.927. The Hall–Kier alpha value is -0.770. The van der Waals surface area contributed by atoms with Gasteiger partial charge in [-0.3, -0.25) is 0 Å². The summed E-state index contributed by atoms with van der Waals surface area (Å²) in [4.78, 5) is 11.4. The molecule has 1 amide bonds. The van der Waals surface area contributed by atoms with Crippen LogP contribution in [0.15, 0.2) is 0 Å². The molecule has 0 bridgehead atoms. The number of nitrogens with one attached hydrogen (secondary N) is 2. The molecule has 0 radical (unpaired) electrons. The van der Waals surface area contributed by atoms with Gasteiger partial charge < -0.3 is 15.4 Å². The average Bonchev–Trinajstić information content (AvgIpc) is 2.64. The normalized spacial score (nSPS) is 19.1. The molecular weight excluding hydrogens is 216 g/mol. The van der Waals surface area contributed by atoms with Crippen molar-refractivity contribution in [3.63, 3.8) is 0 Å². The van der Waals surface area contributed by atoms with Gasteiger partial charge in [0.25, 0.3) is 0 Å². The molecule has 100 valence electrons. The molecule has 0 aliphatic heterocycles. The lowest BCUT2D eigenvalue weighted by atomic mass is 10.2. The van der Waals surface area contributed by atoms with Crippen LogP contribution in [0.1, 0.15) is 53.4 Å². The first-order valence-corrected chi connectivity index (χ1v) is 6.60. The van der Waals surface area contributed by atoms with Crippen molar-refractivity contribution >= 4 is 6.09 Å². The third kappa shape index (κ3) is 6.51. The molecule has 1 unspecified atom stereocenters. The van der Waals surface area contributed by atoms with Crippen LogP contribution in [0.5, 0.6) is 0 Å². The number of hydrogen-bond donors (Lipinski definition) is 2. The van der Waals surface area contributed by atoms with Crippen LogP contribution in [0.2, 0.25) is 0 Å². The predicted octanol–water partition coefficient (Wildman–Crippen LogP) is 2.43. The maximum absolute atomic E-state index is 11.4. The van der Waals surface area contributed by atoms with Gasteiger partial charge in [0.05, 0.1) is 0 Å². The number of carbonyl (C=O) groups is 1. The molecule has 2 N–H and O–H groups in total. The minimum absolute atomic E-state index is 0.297. The lowest BCUT2D eigenvalue weighted by Gasteiger charge is -2.22. The van der Waals surface area contributed by atoms with Crippen molar-refractivity contribution in [1.82, 2.24) is 10.6 Å². The first-order valence-electron chi connectivity index (χ1n) is 6.60. The SMILES string of the molecule is CC(CNC(=O)OC(C)(C)C)NC1CCCC1. The Balaban J connectivity index is 2.14. The quantitative estimate of drug-likeness (QED) is 0.796. The lowest BCUT2D eigenvalue weighted by molar-refractivity contribution is 0.0522. The van der Waals surface area contributed by atoms with Crippen molar-refractivity contribution in [1.29, 1.82) is 0 Å². The van der Waals surface area contributed by atoms with Crippen LogP contribution in [0.4, 0.5) is 4.79 Å². The van der Waals surface area contributed by atoms with Gasteiger partial charge in [0.15, 0.2) is 0 Å². The van der Waals surface area contributed by atoms with E-state index in [2.05, 4.69) is 17.6 Å². The van der Waals surface area contributed by atoms with E-state index in [4.69, 9.17) is 4.74 Å². The van der Waals surface area contributed by atoms with Gasteiger partial charge in [-0.2, -0.15) is 0 Å². The van der Waals surface area contributed by atoms with E-state index in [1.807, 2.05) is 20.8 Å². The van der Waals surface area contributed by atoms with E-state index >= 15 is 0 Å². The Morgan fingerprint density at radius 2 is 1.94 bits per heavy atom. The smallest absolute Gasteiger partial charge is 0.407 e. The van der Waals surface area contributed by atoms with Crippen LogP contribution in [0.25, 0.3) is 0 Å². The average molecular weight is 242 g/mol. The summed E-state index contributed by atoms with van der Waals surface area (Å²) >= 11 is 0. The van der Waals surface area contributed by atoms with E-state index in [1.165, 1.54) is 25.7 Å². The van der Waals surface area contributed by atoms with Crippen molar-refractivity contribution in [2.45, 2.75) is 71.1 Å². The Morgan fingerprint density at radius 1 is 1.35 bits per heavy atom. The number of alkyl carbamates (subject to hydrolysis) is 1. The van der Waals surface area contributed by atoms with Crippen LogP contribution in [0.3, 0.4) is 0 Å². The molecule has 0 spiro atoms. The first kappa shape index (κ1) is 14.3. The fraction of sp³-hybridized carbons (Fsp3) is 0.923. The van der Waals surface area contributed by atoms with Gasteiger partial charge in [-0.05, 0) is 40.5 Å². The third-order valence-corrected chi connectivity index (χ3v) is 2.83. The van der Waals surface area contributed by atoms with Crippen molar-refractivity contribution in [3.8, 4) is 0 Å². The summed E-state index contributed by atoms with van der Waals surface area (Å²) in [6.07, 6.45) is 4.83. The summed E-state index contributed by atoms with van der Waals surface area (Å²) in [5, 5.41) is 6.32. The fourth-order valence-electron chi connectivity index (χ4n) is 2.10. The van der Waals surface area contributed by atoms with E-state index in [-0.39, 0.29) is 6.09 Å². The van der Waals surface area contributed by atoms with E-state index in [1.54, 1.807) is 0 Å². The minimum atomic E-state index is -0.424. The topological polar surface area (TPSA) is 50.4 Å². The van der Waals surface area contributed by atoms with E-state index in [0.717, 1.165) is 0 Å². The van der Waals surface area contributed by atoms with Gasteiger partial charge in [-0.15, -0.1) is 0 Å². The minimum Gasteiger partial charge on any atom is -0.444 e. The maximum Gasteiger partial charge on any atom is 0.407 e. The maximum atomic E-state index is 11.4. The highest BCUT2D eigenvalue weighted by Gasteiger charge is 2.19. The van der Waals surface area contributed by atoms with E-state index < -0.39 is 5.60 Å². The summed E-state index contributed by atoms with van der Waals surface area (Å²) in [7, 11) is 0. The number of carbonyl (C=O) groups excluding carboxylic acids is 1. The molecule has 1 saturated carbocycles. The highest BCUT2D eigenvalue weighted by molar-refractivity contribution is 5.67. The van der Waals surface area contributed by atoms with Gasteiger partial charge in [0.2, 0.25) is 0 Å². The van der Waals surface area contributed by atoms with Crippen LogP contribution in [0, 0.1) is 0 Å². The first-order chi connectivity index (χ1) is 7.87. The molecule has 4 heteroatoms. The van der Waals surface area contributed by atoms with Crippen LogP contribution >= 0.6 is 0 Å². The molecule has 0 saturated heterocycles. The Labute approximate surface area is 104 Å². The molecule has 17 heavy (non-hydrogen) atoms. The Kier molecular flexibility index (Phi) is 5.25. The summed E-state index contributed by atoms with van der Waals surface area (Å²) < 4.78 is 5.18. The van der Waals surface area contributed by atoms with Gasteiger partial charge >= 0.3 is 6.09 Å². The summed E-state index contributed by atoms with van der Waals surface area (Å²) in [5.41, 5.74) is -0.424. The molecule has 0 aromatic heterocycles. The standard InChI is InChI=1S/C13H26N2O2/c1-10(15-11-7-5-6-8-11)9-14-12(16)17-13(2,3)4/h10-11,15H,5-9H2,1-4H3,(H,14,16). The second-order valence-corrected chi connectivity index (χ2v) is 5.93. The van der Waals surface area contributed by atoms with Crippen molar-refractivity contribution in [2.75, 3.05) is 6.54 Å². The second kappa shape index (κ2) is 6.24. The third-order valence-electron chi connectivity index (χ3n) is 2.83. The molecular formula is C13H26N2O2. The van der Waals surface area contributed by atoms with Crippen molar-refractivity contribution < 1.29 is 9.53 Å². The molecule has 1 aliphatic rings. The Morgan fingerprint density at radius 3 is 2.47 bits per heavy atom.